The van der Waals surface area contributed by atoms with Crippen LogP contribution in [0.25, 0.3) is 0 Å². The molecule has 13 nitrogen and oxygen atoms in total. The number of imidazole rings is 1. The lowest BCUT2D eigenvalue weighted by Crippen LogP contribution is -2.60. The summed E-state index contributed by atoms with van der Waals surface area (Å²) in [5.41, 5.74) is -1.45. The molecule has 0 spiro atoms. The van der Waals surface area contributed by atoms with E-state index in [4.69, 9.17) is 18.7 Å². The number of rotatable bonds is 6. The third-order valence-electron chi connectivity index (χ3n) is 5.90. The molecule has 7 rings (SSSR count). The summed E-state index contributed by atoms with van der Waals surface area (Å²) < 4.78 is 10.1. The second-order valence-corrected chi connectivity index (χ2v) is 9.25. The van der Waals surface area contributed by atoms with Crippen molar-refractivity contribution in [3.8, 4) is 0 Å². The Bertz CT molecular complexity index is 1330. The van der Waals surface area contributed by atoms with Crippen LogP contribution in [0.5, 0.6) is 0 Å². The Labute approximate surface area is 205 Å². The van der Waals surface area contributed by atoms with Crippen LogP contribution in [0.3, 0.4) is 0 Å². The van der Waals surface area contributed by atoms with Crippen molar-refractivity contribution in [3.63, 3.8) is 0 Å². The zero-order valence-electron chi connectivity index (χ0n) is 17.9. The third kappa shape index (κ3) is 2.74. The highest BCUT2D eigenvalue weighted by atomic mass is 32.1. The normalized spacial score (nSPS) is 24.7. The van der Waals surface area contributed by atoms with E-state index in [0.29, 0.717) is 41.1 Å². The molecule has 0 aromatic carbocycles. The molecule has 15 heteroatoms. The first-order chi connectivity index (χ1) is 17.3. The molecule has 176 valence electrons. The van der Waals surface area contributed by atoms with Gasteiger partial charge in [0.2, 0.25) is 5.66 Å². The van der Waals surface area contributed by atoms with Gasteiger partial charge in [0.25, 0.3) is 5.72 Å². The number of H-pyrrole nitrogens is 2. The Morgan fingerprint density at radius 3 is 2.71 bits per heavy atom. The Hall–Kier alpha value is -3.92. The number of aromatic amines is 2. The number of nitrogens with zero attached hydrogens (tertiary/aromatic N) is 9. The van der Waals surface area contributed by atoms with Crippen molar-refractivity contribution in [2.45, 2.75) is 11.4 Å². The zero-order valence-corrected chi connectivity index (χ0v) is 19.6. The minimum absolute atomic E-state index is 0.492. The van der Waals surface area contributed by atoms with Gasteiger partial charge in [-0.2, -0.15) is 9.47 Å². The van der Waals surface area contributed by atoms with Crippen LogP contribution in [0.1, 0.15) is 22.2 Å². The molecule has 35 heavy (non-hydrogen) atoms. The van der Waals surface area contributed by atoms with E-state index in [-0.39, 0.29) is 0 Å². The maximum atomic E-state index is 7.00. The van der Waals surface area contributed by atoms with E-state index in [9.17, 15) is 0 Å². The number of aliphatic imine (C=N–C) groups is 1. The lowest BCUT2D eigenvalue weighted by molar-refractivity contribution is -0.296. The molecule has 1 fully saturated rings. The summed E-state index contributed by atoms with van der Waals surface area (Å²) in [6.45, 7) is 1.21. The molecule has 0 bridgehead atoms. The van der Waals surface area contributed by atoms with Crippen molar-refractivity contribution in [1.82, 2.24) is 44.9 Å². The molecule has 2 unspecified atom stereocenters. The summed E-state index contributed by atoms with van der Waals surface area (Å²) in [5.74, 6) is 1.20. The molecule has 2 aliphatic heterocycles. The van der Waals surface area contributed by atoms with Crippen LogP contribution in [0.4, 0.5) is 5.82 Å². The molecule has 0 aliphatic carbocycles. The topological polar surface area (TPSA) is 140 Å². The molecule has 5 aromatic rings. The van der Waals surface area contributed by atoms with Crippen molar-refractivity contribution < 1.29 is 9.36 Å². The average molecular weight is 508 g/mol. The minimum Gasteiger partial charge on any atom is -0.364 e. The highest BCUT2D eigenvalue weighted by Crippen LogP contribution is 2.57. The van der Waals surface area contributed by atoms with Crippen LogP contribution in [-0.2, 0) is 16.2 Å². The Morgan fingerprint density at radius 1 is 1.06 bits per heavy atom. The first kappa shape index (κ1) is 20.5. The van der Waals surface area contributed by atoms with Crippen molar-refractivity contribution in [3.05, 3.63) is 82.2 Å². The fourth-order valence-electron chi connectivity index (χ4n) is 4.57. The fourth-order valence-corrected chi connectivity index (χ4v) is 5.89. The number of aromatic nitrogens is 7. The second-order valence-electron chi connectivity index (χ2n) is 7.69. The zero-order chi connectivity index (χ0) is 23.3. The van der Waals surface area contributed by atoms with Gasteiger partial charge in [-0.3, -0.25) is 20.0 Å². The summed E-state index contributed by atoms with van der Waals surface area (Å²) in [5, 5.41) is 19.8. The van der Waals surface area contributed by atoms with Gasteiger partial charge in [0.15, 0.2) is 10.8 Å². The van der Waals surface area contributed by atoms with Crippen LogP contribution in [0.2, 0.25) is 0 Å². The molecule has 1 saturated heterocycles. The van der Waals surface area contributed by atoms with Gasteiger partial charge in [0, 0.05) is 41.5 Å². The van der Waals surface area contributed by atoms with Crippen LogP contribution in [-0.4, -0.2) is 64.3 Å². The molecule has 0 amide bonds. The van der Waals surface area contributed by atoms with Crippen molar-refractivity contribution in [2.75, 3.05) is 18.0 Å². The van der Waals surface area contributed by atoms with Crippen molar-refractivity contribution in [1.29, 1.82) is 0 Å². The standard InChI is InChI=1S/C20H17N11O2S2/c1-4-25-26-16(1)30-19(14-3-11-35-28-14,17-22-5-6-23-17)31(29-9-7-21-13-29)33-20(30,15-2-10-32-27-15)18-24-8-12-34-18/h1-6,8,10-13H,7,9H2,(H,22,23)(H,25,26). The lowest BCUT2D eigenvalue weighted by atomic mass is 9.98. The largest absolute Gasteiger partial charge is 0.364 e. The molecule has 2 N–H and O–H groups in total. The molecular weight excluding hydrogens is 490 g/mol. The predicted molar refractivity (Wildman–Crippen MR) is 125 cm³/mol. The predicted octanol–water partition coefficient (Wildman–Crippen LogP) is 2.15. The smallest absolute Gasteiger partial charge is 0.265 e. The molecule has 5 aromatic heterocycles. The molecule has 0 radical (unpaired) electrons. The highest BCUT2D eigenvalue weighted by Gasteiger charge is 2.71. The summed E-state index contributed by atoms with van der Waals surface area (Å²) in [4.78, 5) is 26.2. The Balaban J connectivity index is 1.62. The SMILES string of the molecule is C1=NCCN1N1OC(c2ccon2)(c2nccs2)N(c2ccn[nH]2)C1(c1ccsn1)c1ncc[nH]1. The Morgan fingerprint density at radius 2 is 2.06 bits per heavy atom. The number of hydroxylamine groups is 1. The van der Waals surface area contributed by atoms with Gasteiger partial charge >= 0.3 is 0 Å². The molecule has 0 saturated carbocycles. The number of thiazole rings is 1. The highest BCUT2D eigenvalue weighted by molar-refractivity contribution is 7.09. The maximum absolute atomic E-state index is 7.00. The minimum atomic E-state index is -1.37. The fraction of sp³-hybridized carbons (Fsp3) is 0.200. The number of hydrazine groups is 1. The molecule has 7 heterocycles. The van der Waals surface area contributed by atoms with E-state index < -0.39 is 11.4 Å². The van der Waals surface area contributed by atoms with E-state index in [0.717, 1.165) is 0 Å². The third-order valence-corrected chi connectivity index (χ3v) is 7.32. The van der Waals surface area contributed by atoms with Crippen LogP contribution < -0.4 is 4.90 Å². The van der Waals surface area contributed by atoms with Gasteiger partial charge < -0.3 is 9.51 Å². The summed E-state index contributed by atoms with van der Waals surface area (Å²) >= 11 is 2.77. The first-order valence-corrected chi connectivity index (χ1v) is 12.3. The summed E-state index contributed by atoms with van der Waals surface area (Å²) in [7, 11) is 0. The average Bonchev–Trinajstić information content (AvgIpc) is 3.71. The monoisotopic (exact) mass is 507 g/mol. The maximum Gasteiger partial charge on any atom is 0.265 e. The number of anilines is 1. The van der Waals surface area contributed by atoms with Gasteiger partial charge in [0.05, 0.1) is 19.3 Å². The number of hydrogen-bond donors (Lipinski definition) is 2. The first-order valence-electron chi connectivity index (χ1n) is 10.6. The summed E-state index contributed by atoms with van der Waals surface area (Å²) in [6, 6.07) is 5.57. The van der Waals surface area contributed by atoms with Crippen LogP contribution >= 0.6 is 22.9 Å². The van der Waals surface area contributed by atoms with Crippen LogP contribution in [0.15, 0.2) is 69.5 Å². The van der Waals surface area contributed by atoms with E-state index in [2.05, 4.69) is 30.3 Å². The van der Waals surface area contributed by atoms with Gasteiger partial charge in [-0.15, -0.1) is 11.3 Å². The van der Waals surface area contributed by atoms with E-state index in [1.165, 1.54) is 29.1 Å². The van der Waals surface area contributed by atoms with E-state index in [1.54, 1.807) is 42.4 Å². The van der Waals surface area contributed by atoms with Crippen molar-refractivity contribution in [2.24, 2.45) is 4.99 Å². The van der Waals surface area contributed by atoms with Gasteiger partial charge in [0.1, 0.15) is 29.8 Å². The number of nitrogens with one attached hydrogen (secondary N) is 2. The molecule has 2 atom stereocenters. The quantitative estimate of drug-likeness (QED) is 0.351. The van der Waals surface area contributed by atoms with Gasteiger partial charge in [-0.1, -0.05) is 10.3 Å². The number of hydrogen-bond acceptors (Lipinski definition) is 13. The van der Waals surface area contributed by atoms with Crippen molar-refractivity contribution >= 4 is 35.0 Å². The summed E-state index contributed by atoms with van der Waals surface area (Å²) in [6.07, 6.45) is 10.1. The van der Waals surface area contributed by atoms with E-state index >= 15 is 0 Å². The van der Waals surface area contributed by atoms with E-state index in [1.807, 2.05) is 32.8 Å². The van der Waals surface area contributed by atoms with Gasteiger partial charge in [-0.05, 0) is 17.6 Å². The second kappa shape index (κ2) is 7.81. The molecular formula is C20H17N11O2S2. The lowest BCUT2D eigenvalue weighted by Gasteiger charge is -2.42. The van der Waals surface area contributed by atoms with Gasteiger partial charge in [-0.25, -0.2) is 14.8 Å². The molecule has 2 aliphatic rings. The van der Waals surface area contributed by atoms with Crippen LogP contribution in [0, 0.1) is 0 Å². The Kier molecular flexibility index (Phi) is 4.56.